The third-order valence-electron chi connectivity index (χ3n) is 5.09. The molecule has 4 rings (SSSR count). The number of anilines is 1. The number of benzene rings is 1. The van der Waals surface area contributed by atoms with Crippen LogP contribution in [-0.4, -0.2) is 44.7 Å². The first kappa shape index (κ1) is 21.2. The van der Waals surface area contributed by atoms with Crippen molar-refractivity contribution in [3.8, 4) is 5.75 Å². The van der Waals surface area contributed by atoms with E-state index in [1.807, 2.05) is 5.32 Å². The number of aromatic hydroxyl groups is 1. The highest BCUT2D eigenvalue weighted by molar-refractivity contribution is 6.05. The average molecular weight is 448 g/mol. The van der Waals surface area contributed by atoms with Crippen LogP contribution in [0.2, 0.25) is 0 Å². The lowest BCUT2D eigenvalue weighted by Gasteiger charge is -2.30. The van der Waals surface area contributed by atoms with Crippen LogP contribution in [0.4, 0.5) is 18.9 Å². The number of carboxylic acids is 1. The Morgan fingerprint density at radius 1 is 1.25 bits per heavy atom. The van der Waals surface area contributed by atoms with Gasteiger partial charge in [0.05, 0.1) is 17.2 Å². The van der Waals surface area contributed by atoms with Gasteiger partial charge in [-0.25, -0.2) is 0 Å². The van der Waals surface area contributed by atoms with Crippen molar-refractivity contribution in [3.63, 3.8) is 0 Å². The maximum Gasteiger partial charge on any atom is 0.433 e. The van der Waals surface area contributed by atoms with Gasteiger partial charge in [0.15, 0.2) is 0 Å². The fourth-order valence-corrected chi connectivity index (χ4v) is 3.68. The number of amides is 1. The van der Waals surface area contributed by atoms with Crippen LogP contribution in [0.1, 0.15) is 27.7 Å². The number of para-hydroxylation sites is 1. The third-order valence-corrected chi connectivity index (χ3v) is 5.09. The minimum atomic E-state index is -4.63. The van der Waals surface area contributed by atoms with Gasteiger partial charge in [-0.05, 0) is 23.8 Å². The monoisotopic (exact) mass is 448 g/mol. The van der Waals surface area contributed by atoms with Gasteiger partial charge in [0.2, 0.25) is 0 Å². The van der Waals surface area contributed by atoms with Crippen LogP contribution in [0.25, 0.3) is 10.9 Å². The van der Waals surface area contributed by atoms with Gasteiger partial charge in [-0.3, -0.25) is 23.9 Å². The predicted molar refractivity (Wildman–Crippen MR) is 106 cm³/mol. The van der Waals surface area contributed by atoms with Crippen molar-refractivity contribution in [3.05, 3.63) is 63.7 Å². The zero-order valence-electron chi connectivity index (χ0n) is 16.1. The number of carboxylic acid groups (broad SMARTS) is 1. The van der Waals surface area contributed by atoms with E-state index in [-0.39, 0.29) is 23.0 Å². The van der Waals surface area contributed by atoms with Gasteiger partial charge in [-0.15, -0.1) is 0 Å². The molecule has 1 amide bonds. The number of nitrogens with one attached hydrogen (secondary N) is 2. The molecular formula is C20H15F3N4O5. The summed E-state index contributed by atoms with van der Waals surface area (Å²) in [6.07, 6.45) is -3.63. The van der Waals surface area contributed by atoms with Gasteiger partial charge >= 0.3 is 12.1 Å². The summed E-state index contributed by atoms with van der Waals surface area (Å²) in [5.41, 5.74) is -1.68. The number of pyridine rings is 2. The molecule has 0 saturated carbocycles. The van der Waals surface area contributed by atoms with E-state index < -0.39 is 53.2 Å². The number of hydrogen-bond acceptors (Lipinski definition) is 6. The largest absolute Gasteiger partial charge is 0.506 e. The maximum atomic E-state index is 13.3. The van der Waals surface area contributed by atoms with E-state index in [0.29, 0.717) is 5.69 Å². The number of alkyl halides is 3. The predicted octanol–water partition coefficient (Wildman–Crippen LogP) is 1.95. The average Bonchev–Trinajstić information content (AvgIpc) is 2.75. The first-order valence-electron chi connectivity index (χ1n) is 9.26. The summed E-state index contributed by atoms with van der Waals surface area (Å²) in [7, 11) is 0. The number of rotatable bonds is 4. The van der Waals surface area contributed by atoms with E-state index in [2.05, 4.69) is 10.3 Å². The number of aliphatic carboxylic acids is 1. The van der Waals surface area contributed by atoms with E-state index in [4.69, 9.17) is 5.11 Å². The molecule has 1 unspecified atom stereocenters. The molecule has 1 aliphatic rings. The fourth-order valence-electron chi connectivity index (χ4n) is 3.68. The van der Waals surface area contributed by atoms with Gasteiger partial charge in [-0.1, -0.05) is 12.1 Å². The minimum absolute atomic E-state index is 0.0972. The standard InChI is InChI=1S/C20H15F3N4O5/c21-20(22,23)13-5-4-9(6-25-13)12-7-24-11-3-1-2-10-16(11)27(12)19(32)15(17(10)30)18(31)26-8-14(28)29/h1-6,12,24,30H,7-8H2,(H,26,31)(H,28,29). The first-order valence-corrected chi connectivity index (χ1v) is 9.26. The highest BCUT2D eigenvalue weighted by Gasteiger charge is 2.34. The molecule has 2 aromatic heterocycles. The summed E-state index contributed by atoms with van der Waals surface area (Å²) in [6, 6.07) is 5.82. The normalized spacial score (nSPS) is 15.3. The highest BCUT2D eigenvalue weighted by atomic mass is 19.4. The molecule has 0 spiro atoms. The lowest BCUT2D eigenvalue weighted by atomic mass is 10.0. The Hall–Kier alpha value is -4.09. The summed E-state index contributed by atoms with van der Waals surface area (Å²) in [4.78, 5) is 40.0. The van der Waals surface area contributed by atoms with Crippen molar-refractivity contribution in [2.24, 2.45) is 0 Å². The van der Waals surface area contributed by atoms with Crippen molar-refractivity contribution < 1.29 is 33.0 Å². The van der Waals surface area contributed by atoms with Crippen molar-refractivity contribution in [1.82, 2.24) is 14.9 Å². The Bertz CT molecular complexity index is 1300. The summed E-state index contributed by atoms with van der Waals surface area (Å²) in [5.74, 6) is -3.06. The summed E-state index contributed by atoms with van der Waals surface area (Å²) in [5, 5.41) is 24.7. The Labute approximate surface area is 177 Å². The highest BCUT2D eigenvalue weighted by Crippen LogP contribution is 2.37. The summed E-state index contributed by atoms with van der Waals surface area (Å²) < 4.78 is 39.8. The van der Waals surface area contributed by atoms with E-state index in [0.717, 1.165) is 12.3 Å². The Morgan fingerprint density at radius 3 is 2.62 bits per heavy atom. The van der Waals surface area contributed by atoms with Crippen molar-refractivity contribution in [2.75, 3.05) is 18.4 Å². The smallest absolute Gasteiger partial charge is 0.433 e. The minimum Gasteiger partial charge on any atom is -0.506 e. The zero-order valence-corrected chi connectivity index (χ0v) is 16.1. The van der Waals surface area contributed by atoms with Crippen LogP contribution in [-0.2, 0) is 11.0 Å². The van der Waals surface area contributed by atoms with Gasteiger partial charge in [0.1, 0.15) is 23.6 Å². The molecule has 0 saturated heterocycles. The molecule has 3 heterocycles. The Kier molecular flexibility index (Phi) is 4.99. The molecule has 32 heavy (non-hydrogen) atoms. The van der Waals surface area contributed by atoms with Crippen molar-refractivity contribution in [2.45, 2.75) is 12.2 Å². The molecule has 9 nitrogen and oxygen atoms in total. The molecular weight excluding hydrogens is 433 g/mol. The van der Waals surface area contributed by atoms with Gasteiger partial charge in [-0.2, -0.15) is 13.2 Å². The maximum absolute atomic E-state index is 13.3. The van der Waals surface area contributed by atoms with Crippen molar-refractivity contribution >= 4 is 28.5 Å². The molecule has 3 aromatic rings. The molecule has 1 aliphatic heterocycles. The summed E-state index contributed by atoms with van der Waals surface area (Å²) >= 11 is 0. The van der Waals surface area contributed by atoms with Crippen LogP contribution in [0, 0.1) is 0 Å². The fraction of sp³-hybridized carbons (Fsp3) is 0.200. The molecule has 12 heteroatoms. The van der Waals surface area contributed by atoms with Crippen molar-refractivity contribution in [1.29, 1.82) is 0 Å². The van der Waals surface area contributed by atoms with E-state index in [1.165, 1.54) is 16.7 Å². The van der Waals surface area contributed by atoms with Crippen LogP contribution < -0.4 is 16.2 Å². The number of carbonyl (C=O) groups excluding carboxylic acids is 1. The topological polar surface area (TPSA) is 134 Å². The van der Waals surface area contributed by atoms with Crippen LogP contribution in [0.15, 0.2) is 41.3 Å². The lowest BCUT2D eigenvalue weighted by Crippen LogP contribution is -2.40. The third kappa shape index (κ3) is 3.49. The molecule has 1 atom stereocenters. The molecule has 4 N–H and O–H groups in total. The summed E-state index contributed by atoms with van der Waals surface area (Å²) in [6.45, 7) is -0.677. The quantitative estimate of drug-likeness (QED) is 0.479. The van der Waals surface area contributed by atoms with Crippen LogP contribution in [0.3, 0.4) is 0 Å². The Balaban J connectivity index is 1.91. The van der Waals surface area contributed by atoms with Gasteiger partial charge in [0.25, 0.3) is 11.5 Å². The van der Waals surface area contributed by atoms with E-state index >= 15 is 0 Å². The first-order chi connectivity index (χ1) is 15.1. The molecule has 0 fully saturated rings. The zero-order chi connectivity index (χ0) is 23.2. The van der Waals surface area contributed by atoms with Crippen LogP contribution >= 0.6 is 0 Å². The second-order valence-electron chi connectivity index (χ2n) is 7.05. The second-order valence-corrected chi connectivity index (χ2v) is 7.05. The molecule has 0 aliphatic carbocycles. The number of nitrogens with zero attached hydrogens (tertiary/aromatic N) is 2. The lowest BCUT2D eigenvalue weighted by molar-refractivity contribution is -0.141. The Morgan fingerprint density at radius 2 is 2.00 bits per heavy atom. The molecule has 0 bridgehead atoms. The van der Waals surface area contributed by atoms with Gasteiger partial charge in [0, 0.05) is 18.1 Å². The van der Waals surface area contributed by atoms with Crippen LogP contribution in [0.5, 0.6) is 5.75 Å². The number of halogens is 3. The number of aromatic nitrogens is 2. The van der Waals surface area contributed by atoms with Gasteiger partial charge < -0.3 is 20.8 Å². The SMILES string of the molecule is O=C(O)CNC(=O)c1c(O)c2cccc3c2n(c1=O)C(c1ccc(C(F)(F)F)nc1)CN3. The second kappa shape index (κ2) is 7.55. The molecule has 1 aromatic carbocycles. The number of carbonyl (C=O) groups is 2. The number of hydrogen-bond donors (Lipinski definition) is 4. The van der Waals surface area contributed by atoms with E-state index in [1.54, 1.807) is 12.1 Å². The molecule has 166 valence electrons. The molecule has 0 radical (unpaired) electrons. The van der Waals surface area contributed by atoms with E-state index in [9.17, 15) is 32.7 Å².